The summed E-state index contributed by atoms with van der Waals surface area (Å²) in [7, 11) is 0. The molecule has 11 aromatic rings. The lowest BCUT2D eigenvalue weighted by atomic mass is 9.84. The quantitative estimate of drug-likeness (QED) is 0.142. The average molecular weight is 761 g/mol. The standard InChI is InChI=1S/C60H40/c1-3-15-41(16-4-1)42-29-33-45(34-30-42)53-38-37-50(60-56-26-11-9-24-54(56)59(47-18-5-2-6-19-47)55-25-10-12-27-57(55)60)40-58(53)46-35-31-43(32-36-46)48-21-13-22-49(39-48)52-28-14-20-44-17-7-8-23-51(44)52/h1-40H. The molecule has 0 heterocycles. The predicted octanol–water partition coefficient (Wildman–Crippen LogP) is 16.8. The van der Waals surface area contributed by atoms with Crippen LogP contribution in [0.25, 0.3) is 110 Å². The average Bonchev–Trinajstić information content (AvgIpc) is 3.33. The summed E-state index contributed by atoms with van der Waals surface area (Å²) in [5.41, 5.74) is 17.1. The molecule has 0 bridgehead atoms. The van der Waals surface area contributed by atoms with Gasteiger partial charge in [0.2, 0.25) is 0 Å². The van der Waals surface area contributed by atoms with Gasteiger partial charge in [0, 0.05) is 0 Å². The molecule has 0 aliphatic heterocycles. The zero-order valence-electron chi connectivity index (χ0n) is 33.1. The van der Waals surface area contributed by atoms with E-state index in [1.54, 1.807) is 0 Å². The van der Waals surface area contributed by atoms with Crippen molar-refractivity contribution in [2.24, 2.45) is 0 Å². The normalized spacial score (nSPS) is 11.3. The second-order valence-electron chi connectivity index (χ2n) is 15.6. The third kappa shape index (κ3) is 6.36. The fourth-order valence-corrected chi connectivity index (χ4v) is 9.20. The van der Waals surface area contributed by atoms with Crippen LogP contribution in [0.15, 0.2) is 243 Å². The van der Waals surface area contributed by atoms with Gasteiger partial charge in [0.1, 0.15) is 0 Å². The Kier molecular flexibility index (Phi) is 8.95. The van der Waals surface area contributed by atoms with Crippen molar-refractivity contribution in [3.8, 4) is 77.9 Å². The molecule has 11 aromatic carbocycles. The SMILES string of the molecule is c1ccc(-c2ccc(-c3ccc(-c4c5ccccc5c(-c5ccccc5)c5ccccc45)cc3-c3ccc(-c4cccc(-c5cccc6ccccc56)c4)cc3)cc2)cc1. The Morgan fingerprint density at radius 3 is 1.20 bits per heavy atom. The minimum absolute atomic E-state index is 1.18. The fraction of sp³-hybridized carbons (Fsp3) is 0. The van der Waals surface area contributed by atoms with Gasteiger partial charge in [-0.1, -0.05) is 231 Å². The molecule has 0 radical (unpaired) electrons. The van der Waals surface area contributed by atoms with E-state index in [0.717, 1.165) is 0 Å². The van der Waals surface area contributed by atoms with Crippen LogP contribution in [0, 0.1) is 0 Å². The highest BCUT2D eigenvalue weighted by molar-refractivity contribution is 6.21. The van der Waals surface area contributed by atoms with Gasteiger partial charge in [0.15, 0.2) is 0 Å². The van der Waals surface area contributed by atoms with Crippen LogP contribution in [0.3, 0.4) is 0 Å². The van der Waals surface area contributed by atoms with E-state index in [1.807, 2.05) is 0 Å². The van der Waals surface area contributed by atoms with Crippen LogP contribution >= 0.6 is 0 Å². The molecule has 0 amide bonds. The first-order chi connectivity index (χ1) is 29.8. The summed E-state index contributed by atoms with van der Waals surface area (Å²) in [6.07, 6.45) is 0. The molecule has 0 aromatic heterocycles. The Morgan fingerprint density at radius 1 is 0.167 bits per heavy atom. The van der Waals surface area contributed by atoms with Crippen molar-refractivity contribution in [2.45, 2.75) is 0 Å². The van der Waals surface area contributed by atoms with Crippen molar-refractivity contribution < 1.29 is 0 Å². The van der Waals surface area contributed by atoms with Gasteiger partial charge in [0.05, 0.1) is 0 Å². The second-order valence-corrected chi connectivity index (χ2v) is 15.6. The highest BCUT2D eigenvalue weighted by Gasteiger charge is 2.18. The van der Waals surface area contributed by atoms with E-state index < -0.39 is 0 Å². The number of benzene rings is 11. The lowest BCUT2D eigenvalue weighted by Gasteiger charge is -2.19. The van der Waals surface area contributed by atoms with E-state index in [2.05, 4.69) is 243 Å². The summed E-state index contributed by atoms with van der Waals surface area (Å²) in [4.78, 5) is 0. The van der Waals surface area contributed by atoms with Crippen LogP contribution in [0.5, 0.6) is 0 Å². The Hall–Kier alpha value is -7.80. The summed E-state index contributed by atoms with van der Waals surface area (Å²) in [5, 5.41) is 7.55. The Labute approximate surface area is 351 Å². The monoisotopic (exact) mass is 760 g/mol. The van der Waals surface area contributed by atoms with Crippen LogP contribution in [0.4, 0.5) is 0 Å². The molecule has 0 spiro atoms. The van der Waals surface area contributed by atoms with Crippen molar-refractivity contribution >= 4 is 32.3 Å². The number of hydrogen-bond donors (Lipinski definition) is 0. The first kappa shape index (κ1) is 35.4. The summed E-state index contributed by atoms with van der Waals surface area (Å²) in [5.74, 6) is 0. The molecule has 11 rings (SSSR count). The zero-order chi connectivity index (χ0) is 39.8. The zero-order valence-corrected chi connectivity index (χ0v) is 33.1. The maximum absolute atomic E-state index is 2.42. The number of rotatable bonds is 7. The van der Waals surface area contributed by atoms with E-state index in [1.165, 1.54) is 110 Å². The Balaban J connectivity index is 1.07. The van der Waals surface area contributed by atoms with Crippen molar-refractivity contribution in [3.63, 3.8) is 0 Å². The molecular weight excluding hydrogens is 721 g/mol. The van der Waals surface area contributed by atoms with Crippen molar-refractivity contribution in [2.75, 3.05) is 0 Å². The van der Waals surface area contributed by atoms with Gasteiger partial charge in [-0.15, -0.1) is 0 Å². The molecule has 0 heteroatoms. The maximum atomic E-state index is 2.42. The van der Waals surface area contributed by atoms with E-state index in [0.29, 0.717) is 0 Å². The largest absolute Gasteiger partial charge is 0.0622 e. The molecule has 280 valence electrons. The van der Waals surface area contributed by atoms with E-state index in [9.17, 15) is 0 Å². The van der Waals surface area contributed by atoms with Gasteiger partial charge >= 0.3 is 0 Å². The smallest absolute Gasteiger partial charge is 0.00261 e. The minimum Gasteiger partial charge on any atom is -0.0622 e. The Morgan fingerprint density at radius 2 is 0.567 bits per heavy atom. The summed E-state index contributed by atoms with van der Waals surface area (Å²) in [6, 6.07) is 88.7. The lowest BCUT2D eigenvalue weighted by Crippen LogP contribution is -1.92. The van der Waals surface area contributed by atoms with Crippen LogP contribution in [0.2, 0.25) is 0 Å². The summed E-state index contributed by atoms with van der Waals surface area (Å²) in [6.45, 7) is 0. The van der Waals surface area contributed by atoms with E-state index in [4.69, 9.17) is 0 Å². The summed E-state index contributed by atoms with van der Waals surface area (Å²) < 4.78 is 0. The second kappa shape index (κ2) is 15.2. The molecule has 0 saturated carbocycles. The molecular formula is C60H40. The third-order valence-electron chi connectivity index (χ3n) is 12.1. The van der Waals surface area contributed by atoms with Crippen LogP contribution < -0.4 is 0 Å². The first-order valence-electron chi connectivity index (χ1n) is 20.7. The molecule has 60 heavy (non-hydrogen) atoms. The van der Waals surface area contributed by atoms with E-state index in [-0.39, 0.29) is 0 Å². The predicted molar refractivity (Wildman–Crippen MR) is 257 cm³/mol. The highest BCUT2D eigenvalue weighted by Crippen LogP contribution is 2.46. The fourth-order valence-electron chi connectivity index (χ4n) is 9.20. The molecule has 0 nitrogen and oxygen atoms in total. The van der Waals surface area contributed by atoms with Gasteiger partial charge in [-0.3, -0.25) is 0 Å². The van der Waals surface area contributed by atoms with Gasteiger partial charge in [-0.2, -0.15) is 0 Å². The third-order valence-corrected chi connectivity index (χ3v) is 12.1. The van der Waals surface area contributed by atoms with Crippen LogP contribution in [-0.4, -0.2) is 0 Å². The molecule has 0 aliphatic carbocycles. The van der Waals surface area contributed by atoms with Crippen LogP contribution in [0.1, 0.15) is 0 Å². The number of fused-ring (bicyclic) bond motifs is 3. The number of hydrogen-bond acceptors (Lipinski definition) is 0. The topological polar surface area (TPSA) is 0 Å². The molecule has 0 atom stereocenters. The van der Waals surface area contributed by atoms with Gasteiger partial charge in [-0.25, -0.2) is 0 Å². The van der Waals surface area contributed by atoms with Crippen molar-refractivity contribution in [3.05, 3.63) is 243 Å². The Bertz CT molecular complexity index is 3260. The molecule has 0 unspecified atom stereocenters. The molecule has 0 aliphatic rings. The maximum Gasteiger partial charge on any atom is -0.00261 e. The summed E-state index contributed by atoms with van der Waals surface area (Å²) >= 11 is 0. The highest BCUT2D eigenvalue weighted by atomic mass is 14.2. The van der Waals surface area contributed by atoms with Gasteiger partial charge in [-0.05, 0) is 122 Å². The van der Waals surface area contributed by atoms with Crippen molar-refractivity contribution in [1.29, 1.82) is 0 Å². The van der Waals surface area contributed by atoms with Gasteiger partial charge in [0.25, 0.3) is 0 Å². The first-order valence-corrected chi connectivity index (χ1v) is 20.7. The molecule has 0 N–H and O–H groups in total. The van der Waals surface area contributed by atoms with Crippen LogP contribution in [-0.2, 0) is 0 Å². The molecule has 0 saturated heterocycles. The van der Waals surface area contributed by atoms with E-state index >= 15 is 0 Å². The molecule has 0 fully saturated rings. The minimum atomic E-state index is 1.18. The van der Waals surface area contributed by atoms with Crippen molar-refractivity contribution in [1.82, 2.24) is 0 Å². The lowest BCUT2D eigenvalue weighted by molar-refractivity contribution is 1.56. The van der Waals surface area contributed by atoms with Gasteiger partial charge < -0.3 is 0 Å².